The normalized spacial score (nSPS) is 12.9. The topological polar surface area (TPSA) is 148 Å². The van der Waals surface area contributed by atoms with Crippen LogP contribution in [0.15, 0.2) is 65.7 Å². The second kappa shape index (κ2) is 15.2. The van der Waals surface area contributed by atoms with Gasteiger partial charge in [-0.15, -0.1) is 0 Å². The largest absolute Gasteiger partial charge is 0.465 e. The number of hydrogen-bond acceptors (Lipinski definition) is 8. The van der Waals surface area contributed by atoms with E-state index in [0.717, 1.165) is 32.5 Å². The molecule has 12 nitrogen and oxygen atoms in total. The van der Waals surface area contributed by atoms with E-state index in [2.05, 4.69) is 30.9 Å². The summed E-state index contributed by atoms with van der Waals surface area (Å²) in [6.07, 6.45) is 4.99. The highest BCUT2D eigenvalue weighted by Crippen LogP contribution is 2.30. The summed E-state index contributed by atoms with van der Waals surface area (Å²) in [5.41, 5.74) is 2.46. The average molecular weight is 679 g/mol. The number of likely N-dealkylation sites (tertiary alicyclic amines) is 1. The van der Waals surface area contributed by atoms with Crippen molar-refractivity contribution in [3.8, 4) is 22.4 Å². The Hall–Kier alpha value is -4.78. The summed E-state index contributed by atoms with van der Waals surface area (Å²) < 4.78 is 6.19. The van der Waals surface area contributed by atoms with Gasteiger partial charge in [-0.25, -0.2) is 14.3 Å². The van der Waals surface area contributed by atoms with Gasteiger partial charge in [0.05, 0.1) is 34.1 Å². The fraction of sp³-hybridized carbons (Fsp3) is 0.273. The van der Waals surface area contributed by atoms with E-state index in [9.17, 15) is 19.2 Å². The molecule has 0 radical (unpaired) electrons. The monoisotopic (exact) mass is 677 g/mol. The van der Waals surface area contributed by atoms with Gasteiger partial charge in [0, 0.05) is 43.2 Å². The molecule has 47 heavy (non-hydrogen) atoms. The van der Waals surface area contributed by atoms with Crippen molar-refractivity contribution < 1.29 is 19.1 Å². The number of pyridine rings is 1. The number of halogens is 2. The van der Waals surface area contributed by atoms with Crippen LogP contribution >= 0.6 is 23.2 Å². The number of nitrogens with zero attached hydrogens (tertiary/aromatic N) is 4. The van der Waals surface area contributed by atoms with Crippen molar-refractivity contribution in [1.82, 2.24) is 25.0 Å². The van der Waals surface area contributed by atoms with Crippen molar-refractivity contribution in [1.29, 1.82) is 0 Å². The number of hydrogen-bond donors (Lipinski definition) is 3. The number of anilines is 2. The van der Waals surface area contributed by atoms with Crippen molar-refractivity contribution in [2.24, 2.45) is 0 Å². The number of nitrogens with one attached hydrogen (secondary N) is 3. The van der Waals surface area contributed by atoms with Gasteiger partial charge in [0.15, 0.2) is 0 Å². The minimum absolute atomic E-state index is 0.0263. The maximum atomic E-state index is 13.2. The summed E-state index contributed by atoms with van der Waals surface area (Å²) in [5.74, 6) is -0.874. The molecule has 0 unspecified atom stereocenters. The number of methoxy groups -OCH3 is 1. The molecule has 4 aromatic rings. The first-order valence-electron chi connectivity index (χ1n) is 15.0. The lowest BCUT2D eigenvalue weighted by Crippen LogP contribution is -2.33. The highest BCUT2D eigenvalue weighted by atomic mass is 35.5. The van der Waals surface area contributed by atoms with Gasteiger partial charge in [-0.1, -0.05) is 41.4 Å². The summed E-state index contributed by atoms with van der Waals surface area (Å²) in [5, 5.41) is 12.8. The molecule has 1 saturated heterocycles. The molecule has 3 amide bonds. The van der Waals surface area contributed by atoms with Crippen molar-refractivity contribution in [3.63, 3.8) is 0 Å². The van der Waals surface area contributed by atoms with Gasteiger partial charge in [-0.05, 0) is 74.3 Å². The average Bonchev–Trinajstić information content (AvgIpc) is 3.60. The molecule has 2 aromatic heterocycles. The van der Waals surface area contributed by atoms with Crippen LogP contribution in [0.5, 0.6) is 0 Å². The molecule has 1 aliphatic rings. The molecule has 1 aliphatic heterocycles. The van der Waals surface area contributed by atoms with Gasteiger partial charge >= 0.3 is 12.0 Å². The Kier molecular flexibility index (Phi) is 10.9. The van der Waals surface area contributed by atoms with Gasteiger partial charge in [0.2, 0.25) is 0 Å². The zero-order chi connectivity index (χ0) is 33.5. The molecular weight excluding hydrogens is 645 g/mol. The standard InChI is InChI=1S/C33H33Cl2N7O5/c1-3-42-31(44)28(38-33(46)39-29-25(34)18-36-19-26(29)35)17-27(40-42)21-8-6-7-20(13-21)22-14-23(16-24(15-22)32(45)47-2)30(43)37-9-12-41-10-4-5-11-41/h6-8,13-19H,3-5,9-12H2,1-2H3,(H,37,43)(H2,36,38,39,46). The van der Waals surface area contributed by atoms with Crippen LogP contribution in [-0.2, 0) is 11.3 Å². The third kappa shape index (κ3) is 8.15. The zero-order valence-electron chi connectivity index (χ0n) is 25.8. The Morgan fingerprint density at radius 2 is 1.62 bits per heavy atom. The van der Waals surface area contributed by atoms with Crippen LogP contribution in [-0.4, -0.2) is 70.9 Å². The Bertz CT molecular complexity index is 1850. The van der Waals surface area contributed by atoms with E-state index in [1.165, 1.54) is 36.3 Å². The number of aryl methyl sites for hydroxylation is 1. The third-order valence-electron chi connectivity index (χ3n) is 7.63. The van der Waals surface area contributed by atoms with E-state index >= 15 is 0 Å². The first kappa shape index (κ1) is 33.6. The van der Waals surface area contributed by atoms with Gasteiger partial charge in [0.25, 0.3) is 11.5 Å². The zero-order valence-corrected chi connectivity index (χ0v) is 27.3. The maximum Gasteiger partial charge on any atom is 0.337 e. The summed E-state index contributed by atoms with van der Waals surface area (Å²) in [6.45, 7) is 5.29. The van der Waals surface area contributed by atoms with Gasteiger partial charge < -0.3 is 25.6 Å². The number of amides is 3. The van der Waals surface area contributed by atoms with Crippen LogP contribution in [0.1, 0.15) is 40.5 Å². The summed E-state index contributed by atoms with van der Waals surface area (Å²) >= 11 is 12.2. The molecule has 1 fully saturated rings. The van der Waals surface area contributed by atoms with Crippen LogP contribution in [0.25, 0.3) is 22.4 Å². The van der Waals surface area contributed by atoms with Crippen molar-refractivity contribution in [3.05, 3.63) is 92.5 Å². The minimum Gasteiger partial charge on any atom is -0.465 e. The molecule has 2 aromatic carbocycles. The summed E-state index contributed by atoms with van der Waals surface area (Å²) in [6, 6.07) is 12.8. The molecule has 3 N–H and O–H groups in total. The van der Waals surface area contributed by atoms with Gasteiger partial charge in [-0.2, -0.15) is 5.10 Å². The Balaban J connectivity index is 1.43. The number of ether oxygens (including phenoxy) is 1. The highest BCUT2D eigenvalue weighted by Gasteiger charge is 2.18. The molecule has 244 valence electrons. The number of benzene rings is 2. The quantitative estimate of drug-likeness (QED) is 0.185. The fourth-order valence-corrected chi connectivity index (χ4v) is 5.70. The predicted octanol–water partition coefficient (Wildman–Crippen LogP) is 5.56. The number of rotatable bonds is 10. The smallest absolute Gasteiger partial charge is 0.337 e. The first-order valence-corrected chi connectivity index (χ1v) is 15.8. The second-order valence-electron chi connectivity index (χ2n) is 10.8. The van der Waals surface area contributed by atoms with Crippen molar-refractivity contribution >= 4 is 52.5 Å². The van der Waals surface area contributed by atoms with Crippen LogP contribution in [0.4, 0.5) is 16.2 Å². The lowest BCUT2D eigenvalue weighted by Gasteiger charge is -2.15. The van der Waals surface area contributed by atoms with Crippen LogP contribution < -0.4 is 21.5 Å². The third-order valence-corrected chi connectivity index (χ3v) is 8.21. The number of aromatic nitrogens is 3. The minimum atomic E-state index is -0.739. The van der Waals surface area contributed by atoms with Crippen LogP contribution in [0.2, 0.25) is 10.0 Å². The Labute approximate surface area is 281 Å². The summed E-state index contributed by atoms with van der Waals surface area (Å²) in [7, 11) is 1.28. The maximum absolute atomic E-state index is 13.2. The lowest BCUT2D eigenvalue weighted by molar-refractivity contribution is 0.0600. The van der Waals surface area contributed by atoms with E-state index in [4.69, 9.17) is 27.9 Å². The highest BCUT2D eigenvalue weighted by molar-refractivity contribution is 6.39. The van der Waals surface area contributed by atoms with Gasteiger partial charge in [0.1, 0.15) is 5.69 Å². The van der Waals surface area contributed by atoms with E-state index in [1.807, 2.05) is 12.1 Å². The predicted molar refractivity (Wildman–Crippen MR) is 181 cm³/mol. The molecule has 0 bridgehead atoms. The Morgan fingerprint density at radius 3 is 2.32 bits per heavy atom. The molecule has 0 saturated carbocycles. The first-order chi connectivity index (χ1) is 22.7. The van der Waals surface area contributed by atoms with Crippen LogP contribution in [0.3, 0.4) is 0 Å². The van der Waals surface area contributed by atoms with Crippen molar-refractivity contribution in [2.75, 3.05) is 43.9 Å². The molecule has 0 atom stereocenters. The van der Waals surface area contributed by atoms with E-state index in [0.29, 0.717) is 34.5 Å². The molecular formula is C33H33Cl2N7O5. The number of carbonyl (C=O) groups is 3. The number of esters is 1. The molecule has 5 rings (SSSR count). The SMILES string of the molecule is CCn1nc(-c2cccc(-c3cc(C(=O)NCCN4CCCC4)cc(C(=O)OC)c3)c2)cc(NC(=O)Nc2c(Cl)cncc2Cl)c1=O. The molecule has 3 heterocycles. The molecule has 0 spiro atoms. The summed E-state index contributed by atoms with van der Waals surface area (Å²) in [4.78, 5) is 57.8. The van der Waals surface area contributed by atoms with Crippen molar-refractivity contribution in [2.45, 2.75) is 26.3 Å². The number of urea groups is 1. The van der Waals surface area contributed by atoms with E-state index < -0.39 is 17.6 Å². The fourth-order valence-electron chi connectivity index (χ4n) is 5.24. The van der Waals surface area contributed by atoms with E-state index in [-0.39, 0.29) is 39.4 Å². The molecule has 14 heteroatoms. The molecule has 0 aliphatic carbocycles. The van der Waals surface area contributed by atoms with E-state index in [1.54, 1.807) is 31.2 Å². The van der Waals surface area contributed by atoms with Crippen LogP contribution in [0, 0.1) is 0 Å². The lowest BCUT2D eigenvalue weighted by atomic mass is 9.97. The second-order valence-corrected chi connectivity index (χ2v) is 11.6. The van der Waals surface area contributed by atoms with Gasteiger partial charge in [-0.3, -0.25) is 14.6 Å². The number of carbonyl (C=O) groups excluding carboxylic acids is 3. The Morgan fingerprint density at radius 1 is 0.915 bits per heavy atom.